The van der Waals surface area contributed by atoms with E-state index >= 15 is 0 Å². The Kier molecular flexibility index (Phi) is 7.44. The fourth-order valence-electron chi connectivity index (χ4n) is 3.78. The third-order valence-electron chi connectivity index (χ3n) is 5.53. The molecule has 0 aliphatic carbocycles. The first-order valence-corrected chi connectivity index (χ1v) is 11.1. The summed E-state index contributed by atoms with van der Waals surface area (Å²) in [5.74, 6) is -0.142. The van der Waals surface area contributed by atoms with Crippen molar-refractivity contribution in [3.8, 4) is 0 Å². The number of primary amides is 1. The fourth-order valence-corrected chi connectivity index (χ4v) is 3.78. The van der Waals surface area contributed by atoms with Gasteiger partial charge in [-0.3, -0.25) is 9.59 Å². The summed E-state index contributed by atoms with van der Waals surface area (Å²) >= 11 is 0. The van der Waals surface area contributed by atoms with E-state index in [1.54, 1.807) is 12.1 Å². The molecule has 4 rings (SSSR count). The van der Waals surface area contributed by atoms with Gasteiger partial charge in [-0.25, -0.2) is 14.4 Å². The zero-order valence-electron chi connectivity index (χ0n) is 18.7. The maximum atomic E-state index is 13.5. The molecule has 1 aliphatic rings. The van der Waals surface area contributed by atoms with Gasteiger partial charge < -0.3 is 20.7 Å². The molecule has 34 heavy (non-hydrogen) atoms. The highest BCUT2D eigenvalue weighted by Gasteiger charge is 2.17. The molecule has 2 heterocycles. The molecule has 3 N–H and O–H groups in total. The van der Waals surface area contributed by atoms with Gasteiger partial charge in [-0.05, 0) is 28.8 Å². The van der Waals surface area contributed by atoms with Gasteiger partial charge in [-0.15, -0.1) is 0 Å². The number of benzene rings is 2. The van der Waals surface area contributed by atoms with E-state index in [4.69, 9.17) is 10.5 Å². The van der Waals surface area contributed by atoms with E-state index in [9.17, 15) is 14.0 Å². The monoisotopic (exact) mass is 463 g/mol. The minimum atomic E-state index is -0.656. The number of amides is 2. The Balaban J connectivity index is 1.46. The minimum Gasteiger partial charge on any atom is -0.378 e. The number of hydrogen-bond acceptors (Lipinski definition) is 6. The Morgan fingerprint density at radius 1 is 1.06 bits per heavy atom. The zero-order valence-corrected chi connectivity index (χ0v) is 18.7. The van der Waals surface area contributed by atoms with Crippen molar-refractivity contribution in [2.75, 3.05) is 31.6 Å². The van der Waals surface area contributed by atoms with Crippen molar-refractivity contribution >= 4 is 17.6 Å². The molecule has 8 nitrogen and oxygen atoms in total. The fraction of sp³-hybridized carbons (Fsp3) is 0.280. The number of aromatic nitrogens is 2. The van der Waals surface area contributed by atoms with Crippen LogP contribution >= 0.6 is 0 Å². The number of rotatable bonds is 8. The number of hydrogen-bond donors (Lipinski definition) is 2. The van der Waals surface area contributed by atoms with Crippen LogP contribution in [0.4, 0.5) is 10.2 Å². The zero-order chi connectivity index (χ0) is 23.9. The van der Waals surface area contributed by atoms with E-state index in [1.807, 2.05) is 29.2 Å². The summed E-state index contributed by atoms with van der Waals surface area (Å²) in [6, 6.07) is 13.9. The first-order chi connectivity index (χ1) is 16.5. The van der Waals surface area contributed by atoms with Gasteiger partial charge in [0.2, 0.25) is 5.91 Å². The number of ether oxygens (including phenoxy) is 1. The van der Waals surface area contributed by atoms with Crippen LogP contribution in [0, 0.1) is 5.82 Å². The predicted octanol–water partition coefficient (Wildman–Crippen LogP) is 2.32. The summed E-state index contributed by atoms with van der Waals surface area (Å²) in [7, 11) is 0. The summed E-state index contributed by atoms with van der Waals surface area (Å²) in [5.41, 5.74) is 8.18. The van der Waals surface area contributed by atoms with E-state index in [2.05, 4.69) is 15.3 Å². The van der Waals surface area contributed by atoms with E-state index in [0.29, 0.717) is 56.4 Å². The molecule has 1 aliphatic heterocycles. The number of halogens is 1. The van der Waals surface area contributed by atoms with Gasteiger partial charge in [0.25, 0.3) is 5.91 Å². The number of carbonyl (C=O) groups excluding carboxylic acids is 2. The lowest BCUT2D eigenvalue weighted by atomic mass is 10.0. The van der Waals surface area contributed by atoms with Gasteiger partial charge in [0.15, 0.2) is 0 Å². The molecule has 2 aromatic carbocycles. The number of nitrogens with one attached hydrogen (secondary N) is 1. The summed E-state index contributed by atoms with van der Waals surface area (Å²) < 4.78 is 18.8. The van der Waals surface area contributed by atoms with E-state index in [0.717, 1.165) is 11.1 Å². The summed E-state index contributed by atoms with van der Waals surface area (Å²) in [5, 5.41) is 3.06. The van der Waals surface area contributed by atoms with Crippen LogP contribution in [0.1, 0.15) is 32.9 Å². The molecule has 176 valence electrons. The molecule has 3 aromatic rings. The molecule has 0 unspecified atom stereocenters. The normalized spacial score (nSPS) is 13.5. The Morgan fingerprint density at radius 2 is 1.79 bits per heavy atom. The largest absolute Gasteiger partial charge is 0.378 e. The van der Waals surface area contributed by atoms with Crippen molar-refractivity contribution in [2.45, 2.75) is 19.4 Å². The van der Waals surface area contributed by atoms with E-state index < -0.39 is 5.91 Å². The van der Waals surface area contributed by atoms with Crippen LogP contribution in [0.3, 0.4) is 0 Å². The molecular weight excluding hydrogens is 437 g/mol. The summed E-state index contributed by atoms with van der Waals surface area (Å²) in [6.07, 6.45) is 2.12. The minimum absolute atomic E-state index is 0.0753. The highest BCUT2D eigenvalue weighted by Crippen LogP contribution is 2.17. The van der Waals surface area contributed by atoms with Crippen molar-refractivity contribution in [1.29, 1.82) is 0 Å². The summed E-state index contributed by atoms with van der Waals surface area (Å²) in [4.78, 5) is 35.0. The van der Waals surface area contributed by atoms with Gasteiger partial charge in [-0.1, -0.05) is 36.4 Å². The summed E-state index contributed by atoms with van der Waals surface area (Å²) in [6.45, 7) is 2.64. The highest BCUT2D eigenvalue weighted by atomic mass is 19.1. The molecule has 1 fully saturated rings. The van der Waals surface area contributed by atoms with Crippen LogP contribution in [0.25, 0.3) is 0 Å². The third-order valence-corrected chi connectivity index (χ3v) is 5.53. The Hall–Kier alpha value is -3.85. The lowest BCUT2D eigenvalue weighted by Gasteiger charge is -2.26. The van der Waals surface area contributed by atoms with Crippen LogP contribution < -0.4 is 11.1 Å². The molecule has 1 saturated heterocycles. The highest BCUT2D eigenvalue weighted by molar-refractivity contribution is 5.97. The molecule has 0 saturated carbocycles. The Morgan fingerprint density at radius 3 is 2.56 bits per heavy atom. The first-order valence-electron chi connectivity index (χ1n) is 11.1. The van der Waals surface area contributed by atoms with Crippen molar-refractivity contribution < 1.29 is 18.7 Å². The van der Waals surface area contributed by atoms with Crippen LogP contribution in [-0.2, 0) is 28.9 Å². The molecule has 2 amide bonds. The maximum Gasteiger partial charge on any atom is 0.254 e. The second-order valence-electron chi connectivity index (χ2n) is 8.06. The third kappa shape index (κ3) is 6.14. The van der Waals surface area contributed by atoms with Gasteiger partial charge in [0, 0.05) is 32.3 Å². The van der Waals surface area contributed by atoms with Crippen molar-refractivity contribution in [3.05, 3.63) is 88.6 Å². The number of carbonyl (C=O) groups is 2. The Labute approximate surface area is 197 Å². The van der Waals surface area contributed by atoms with Gasteiger partial charge >= 0.3 is 0 Å². The standard InChI is InChI=1S/C25H26FN5O3/c26-20-6-2-5-19(12-20)15-29-25-21(24(27)33)16-28-22(30-25)13-17-3-1-4-18(11-17)14-23(32)31-7-9-34-10-8-31/h1-6,11-12,16H,7-10,13-15H2,(H2,27,33)(H,28,29,30). The molecule has 0 bridgehead atoms. The van der Waals surface area contributed by atoms with E-state index in [1.165, 1.54) is 18.3 Å². The second-order valence-corrected chi connectivity index (χ2v) is 8.06. The van der Waals surface area contributed by atoms with Crippen molar-refractivity contribution in [2.24, 2.45) is 5.73 Å². The van der Waals surface area contributed by atoms with Crippen LogP contribution in [-0.4, -0.2) is 53.0 Å². The van der Waals surface area contributed by atoms with Crippen molar-refractivity contribution in [1.82, 2.24) is 14.9 Å². The predicted molar refractivity (Wildman–Crippen MR) is 125 cm³/mol. The second kappa shape index (κ2) is 10.8. The molecule has 0 spiro atoms. The molecule has 0 atom stereocenters. The lowest BCUT2D eigenvalue weighted by Crippen LogP contribution is -2.41. The lowest BCUT2D eigenvalue weighted by molar-refractivity contribution is -0.134. The molecular formula is C25H26FN5O3. The van der Waals surface area contributed by atoms with Crippen molar-refractivity contribution in [3.63, 3.8) is 0 Å². The number of nitrogens with two attached hydrogens (primary N) is 1. The van der Waals surface area contributed by atoms with Crippen LogP contribution in [0.15, 0.2) is 54.7 Å². The number of morpholine rings is 1. The van der Waals surface area contributed by atoms with Crippen LogP contribution in [0.2, 0.25) is 0 Å². The van der Waals surface area contributed by atoms with Crippen LogP contribution in [0.5, 0.6) is 0 Å². The number of nitrogens with zero attached hydrogens (tertiary/aromatic N) is 3. The molecule has 0 radical (unpaired) electrons. The quantitative estimate of drug-likeness (QED) is 0.531. The van der Waals surface area contributed by atoms with Gasteiger partial charge in [0.1, 0.15) is 17.5 Å². The first kappa shape index (κ1) is 23.3. The number of anilines is 1. The molecule has 9 heteroatoms. The average molecular weight is 464 g/mol. The Bertz CT molecular complexity index is 1180. The SMILES string of the molecule is NC(=O)c1cnc(Cc2cccc(CC(=O)N3CCOCC3)c2)nc1NCc1cccc(F)c1. The molecule has 1 aromatic heterocycles. The van der Waals surface area contributed by atoms with Gasteiger partial charge in [-0.2, -0.15) is 0 Å². The smallest absolute Gasteiger partial charge is 0.254 e. The van der Waals surface area contributed by atoms with E-state index in [-0.39, 0.29) is 23.8 Å². The van der Waals surface area contributed by atoms with Gasteiger partial charge in [0.05, 0.1) is 25.2 Å². The maximum absolute atomic E-state index is 13.5. The topological polar surface area (TPSA) is 110 Å². The average Bonchev–Trinajstić information content (AvgIpc) is 2.83.